The van der Waals surface area contributed by atoms with E-state index in [1.165, 1.54) is 12.5 Å². The normalized spacial score (nSPS) is 28.2. The van der Waals surface area contributed by atoms with Gasteiger partial charge in [0, 0.05) is 45.3 Å². The van der Waals surface area contributed by atoms with Crippen LogP contribution in [0.15, 0.2) is 24.3 Å². The molecule has 0 bridgehead atoms. The molecule has 23 heavy (non-hydrogen) atoms. The van der Waals surface area contributed by atoms with Crippen molar-refractivity contribution in [2.45, 2.75) is 44.9 Å². The highest BCUT2D eigenvalue weighted by atomic mass is 16.6. The van der Waals surface area contributed by atoms with E-state index in [2.05, 4.69) is 29.3 Å². The minimum absolute atomic E-state index is 0.0418. The molecule has 1 aromatic rings. The molecule has 3 rings (SSSR count). The molecule has 0 aliphatic carbocycles. The Kier molecular flexibility index (Phi) is 4.99. The summed E-state index contributed by atoms with van der Waals surface area (Å²) in [7, 11) is 0. The summed E-state index contributed by atoms with van der Waals surface area (Å²) in [4.78, 5) is 13.6. The predicted octanol–water partition coefficient (Wildman–Crippen LogP) is 2.41. The average molecular weight is 318 g/mol. The summed E-state index contributed by atoms with van der Waals surface area (Å²) in [6.07, 6.45) is 2.30. The first-order valence-electron chi connectivity index (χ1n) is 8.43. The number of carbonyl (C=O) groups is 1. The van der Waals surface area contributed by atoms with Gasteiger partial charge in [-0.1, -0.05) is 19.1 Å². The average Bonchev–Trinajstić information content (AvgIpc) is 2.95. The van der Waals surface area contributed by atoms with Crippen LogP contribution in [0, 0.1) is 0 Å². The van der Waals surface area contributed by atoms with Gasteiger partial charge in [-0.3, -0.25) is 9.69 Å². The minimum atomic E-state index is -0.116. The number of rotatable bonds is 4. The first-order chi connectivity index (χ1) is 11.1. The Bertz CT molecular complexity index is 538. The fourth-order valence-electron chi connectivity index (χ4n) is 3.48. The molecule has 0 unspecified atom stereocenters. The number of nitrogens with one attached hydrogen (secondary N) is 1. The molecule has 5 heteroatoms. The molecule has 2 aliphatic heterocycles. The molecule has 5 nitrogen and oxygen atoms in total. The zero-order chi connectivity index (χ0) is 16.3. The van der Waals surface area contributed by atoms with Crippen LogP contribution in [0.1, 0.15) is 32.3 Å². The van der Waals surface area contributed by atoms with Gasteiger partial charge in [0.05, 0.1) is 12.7 Å². The second-order valence-corrected chi connectivity index (χ2v) is 6.68. The Morgan fingerprint density at radius 2 is 2.17 bits per heavy atom. The van der Waals surface area contributed by atoms with Crippen LogP contribution in [0.2, 0.25) is 0 Å². The molecule has 1 amide bonds. The fourth-order valence-corrected chi connectivity index (χ4v) is 3.48. The lowest BCUT2D eigenvalue weighted by molar-refractivity contribution is -0.156. The molecule has 2 saturated heterocycles. The highest BCUT2D eigenvalue weighted by Crippen LogP contribution is 2.31. The number of carbonyl (C=O) groups excluding carboxylic acids is 1. The molecule has 1 aromatic carbocycles. The molecule has 1 N–H and O–H groups in total. The lowest BCUT2D eigenvalue weighted by Gasteiger charge is -2.43. The summed E-state index contributed by atoms with van der Waals surface area (Å²) in [6.45, 7) is 8.01. The van der Waals surface area contributed by atoms with Crippen molar-refractivity contribution in [3.63, 3.8) is 0 Å². The van der Waals surface area contributed by atoms with Crippen LogP contribution in [0.4, 0.5) is 5.69 Å². The van der Waals surface area contributed by atoms with Crippen molar-refractivity contribution < 1.29 is 14.3 Å². The van der Waals surface area contributed by atoms with E-state index < -0.39 is 0 Å². The lowest BCUT2D eigenvalue weighted by Crippen LogP contribution is -2.55. The molecule has 0 radical (unpaired) electrons. The van der Waals surface area contributed by atoms with E-state index in [-0.39, 0.29) is 17.6 Å². The first kappa shape index (κ1) is 16.4. The van der Waals surface area contributed by atoms with Crippen LogP contribution in [0.3, 0.4) is 0 Å². The van der Waals surface area contributed by atoms with Gasteiger partial charge in [-0.05, 0) is 24.1 Å². The van der Waals surface area contributed by atoms with Crippen molar-refractivity contribution in [1.29, 1.82) is 0 Å². The predicted molar refractivity (Wildman–Crippen MR) is 89.4 cm³/mol. The van der Waals surface area contributed by atoms with E-state index in [9.17, 15) is 4.79 Å². The van der Waals surface area contributed by atoms with Crippen LogP contribution < -0.4 is 5.32 Å². The molecular weight excluding hydrogens is 292 g/mol. The third-order valence-electron chi connectivity index (χ3n) is 4.59. The second-order valence-electron chi connectivity index (χ2n) is 6.68. The van der Waals surface area contributed by atoms with Crippen molar-refractivity contribution >= 4 is 11.6 Å². The largest absolute Gasteiger partial charge is 0.378 e. The number of hydrogen-bond donors (Lipinski definition) is 1. The number of ether oxygens (including phenoxy) is 2. The third kappa shape index (κ3) is 4.10. The number of benzene rings is 1. The maximum Gasteiger partial charge on any atom is 0.221 e. The molecule has 2 aliphatic rings. The number of morpholine rings is 1. The fraction of sp³-hybridized carbons (Fsp3) is 0.611. The van der Waals surface area contributed by atoms with Crippen LogP contribution in [0.5, 0.6) is 0 Å². The molecule has 1 spiro atoms. The number of amides is 1. The Morgan fingerprint density at radius 3 is 2.78 bits per heavy atom. The van der Waals surface area contributed by atoms with Gasteiger partial charge in [-0.15, -0.1) is 0 Å². The van der Waals surface area contributed by atoms with Gasteiger partial charge in [0.15, 0.2) is 0 Å². The molecular formula is C18H26N2O3. The van der Waals surface area contributed by atoms with Crippen molar-refractivity contribution in [1.82, 2.24) is 4.90 Å². The SMILES string of the molecule is CC[C@@H]1CN(Cc2ccc(NC(C)=O)cc2)C[C@@]2(CCOC2)O1. The van der Waals surface area contributed by atoms with Crippen LogP contribution >= 0.6 is 0 Å². The smallest absolute Gasteiger partial charge is 0.221 e. The quantitative estimate of drug-likeness (QED) is 0.926. The Labute approximate surface area is 137 Å². The van der Waals surface area contributed by atoms with Gasteiger partial charge in [-0.25, -0.2) is 0 Å². The summed E-state index contributed by atoms with van der Waals surface area (Å²) < 4.78 is 11.9. The first-order valence-corrected chi connectivity index (χ1v) is 8.43. The summed E-state index contributed by atoms with van der Waals surface area (Å²) >= 11 is 0. The van der Waals surface area contributed by atoms with Crippen molar-refractivity contribution in [3.05, 3.63) is 29.8 Å². The van der Waals surface area contributed by atoms with Crippen LogP contribution in [-0.2, 0) is 20.8 Å². The zero-order valence-electron chi connectivity index (χ0n) is 14.0. The van der Waals surface area contributed by atoms with Crippen molar-refractivity contribution in [3.8, 4) is 0 Å². The maximum atomic E-state index is 11.1. The van der Waals surface area contributed by atoms with Gasteiger partial charge in [-0.2, -0.15) is 0 Å². The molecule has 2 fully saturated rings. The maximum absolute atomic E-state index is 11.1. The molecule has 2 heterocycles. The number of anilines is 1. The van der Waals surface area contributed by atoms with Gasteiger partial charge in [0.25, 0.3) is 0 Å². The Morgan fingerprint density at radius 1 is 1.39 bits per heavy atom. The minimum Gasteiger partial charge on any atom is -0.378 e. The Hall–Kier alpha value is -1.43. The van der Waals surface area contributed by atoms with E-state index in [0.717, 1.165) is 44.8 Å². The van der Waals surface area contributed by atoms with E-state index in [1.54, 1.807) is 0 Å². The topological polar surface area (TPSA) is 50.8 Å². The summed E-state index contributed by atoms with van der Waals surface area (Å²) in [5, 5.41) is 2.80. The zero-order valence-corrected chi connectivity index (χ0v) is 14.0. The van der Waals surface area contributed by atoms with Crippen LogP contribution in [0.25, 0.3) is 0 Å². The van der Waals surface area contributed by atoms with Gasteiger partial charge in [0.2, 0.25) is 5.91 Å². The summed E-state index contributed by atoms with van der Waals surface area (Å²) in [6, 6.07) is 8.09. The molecule has 2 atom stereocenters. The number of nitrogens with zero attached hydrogens (tertiary/aromatic N) is 1. The lowest BCUT2D eigenvalue weighted by atomic mass is 9.98. The number of hydrogen-bond acceptors (Lipinski definition) is 4. The summed E-state index contributed by atoms with van der Waals surface area (Å²) in [5.41, 5.74) is 1.98. The highest BCUT2D eigenvalue weighted by Gasteiger charge is 2.43. The Balaban J connectivity index is 1.65. The van der Waals surface area contributed by atoms with Gasteiger partial charge >= 0.3 is 0 Å². The highest BCUT2D eigenvalue weighted by molar-refractivity contribution is 5.88. The van der Waals surface area contributed by atoms with Crippen molar-refractivity contribution in [2.24, 2.45) is 0 Å². The molecule has 0 aromatic heterocycles. The second kappa shape index (κ2) is 6.99. The van der Waals surface area contributed by atoms with Crippen LogP contribution in [-0.4, -0.2) is 48.8 Å². The summed E-state index contributed by atoms with van der Waals surface area (Å²) in [5.74, 6) is -0.0418. The standard InChI is InChI=1S/C18H26N2O3/c1-3-17-11-20(12-18(23-17)8-9-22-13-18)10-15-4-6-16(7-5-15)19-14(2)21/h4-7,17H,3,8-13H2,1-2H3,(H,19,21)/t17-,18-/m1/s1. The van der Waals surface area contributed by atoms with E-state index in [1.807, 2.05) is 12.1 Å². The molecule has 0 saturated carbocycles. The van der Waals surface area contributed by atoms with Gasteiger partial charge in [0.1, 0.15) is 5.60 Å². The van der Waals surface area contributed by atoms with E-state index >= 15 is 0 Å². The van der Waals surface area contributed by atoms with Gasteiger partial charge < -0.3 is 14.8 Å². The molecule has 126 valence electrons. The van der Waals surface area contributed by atoms with E-state index in [0.29, 0.717) is 6.61 Å². The third-order valence-corrected chi connectivity index (χ3v) is 4.59. The van der Waals surface area contributed by atoms with E-state index in [4.69, 9.17) is 9.47 Å². The monoisotopic (exact) mass is 318 g/mol. The van der Waals surface area contributed by atoms with Crippen molar-refractivity contribution in [2.75, 3.05) is 31.6 Å².